The van der Waals surface area contributed by atoms with Gasteiger partial charge >= 0.3 is 47.9 Å². The van der Waals surface area contributed by atoms with Gasteiger partial charge in [0.2, 0.25) is 24.1 Å². The molecule has 6 atom stereocenters. The summed E-state index contributed by atoms with van der Waals surface area (Å²) in [6, 6.07) is 28.1. The van der Waals surface area contributed by atoms with Gasteiger partial charge in [-0.25, -0.2) is 29.5 Å². The average Bonchev–Trinajstić information content (AvgIpc) is 1.62. The van der Waals surface area contributed by atoms with Crippen molar-refractivity contribution >= 4 is 139 Å². The number of aromatic nitrogens is 12. The number of imidazole rings is 3. The Morgan fingerprint density at radius 1 is 0.507 bits per heavy atom. The Morgan fingerprint density at radius 3 is 1.27 bits per heavy atom. The molecule has 0 radical (unpaired) electrons. The van der Waals surface area contributed by atoms with Gasteiger partial charge in [-0.05, 0) is 253 Å². The van der Waals surface area contributed by atoms with Crippen LogP contribution in [0.4, 0.5) is 40.6 Å². The van der Waals surface area contributed by atoms with Crippen molar-refractivity contribution in [2.45, 2.75) is 195 Å². The molecule has 7 N–H and O–H groups in total. The van der Waals surface area contributed by atoms with Crippen LogP contribution in [-0.4, -0.2) is 189 Å². The second kappa shape index (κ2) is 48.1. The van der Waals surface area contributed by atoms with Gasteiger partial charge in [-0.15, -0.1) is 6.20 Å². The second-order valence-corrected chi connectivity index (χ2v) is 38.0. The number of amides is 2. The molecule has 724 valence electrons. The van der Waals surface area contributed by atoms with Crippen molar-refractivity contribution in [1.82, 2.24) is 68.7 Å². The number of pyridine rings is 3. The molecular formula is C87H105BrF3N35NaO8S3-. The van der Waals surface area contributed by atoms with Crippen molar-refractivity contribution in [2.24, 2.45) is 106 Å². The van der Waals surface area contributed by atoms with Gasteiger partial charge in [-0.1, -0.05) is 81.1 Å². The Hall–Kier alpha value is -11.9. The van der Waals surface area contributed by atoms with E-state index in [9.17, 15) is 22.8 Å². The van der Waals surface area contributed by atoms with Gasteiger partial charge in [0.15, 0.2) is 11.3 Å². The molecule has 3 spiro atoms. The number of nitrogens with two attached hydrogens (primary N) is 2. The van der Waals surface area contributed by atoms with Crippen molar-refractivity contribution in [1.29, 1.82) is 5.53 Å². The molecule has 9 aromatic heterocycles. The van der Waals surface area contributed by atoms with Crippen LogP contribution in [0.1, 0.15) is 118 Å². The molecule has 6 saturated heterocycles. The molecule has 2 amide bonds. The van der Waals surface area contributed by atoms with E-state index in [4.69, 9.17) is 54.7 Å². The number of rotatable bonds is 16. The number of aryl methyl sites for hydroxylation is 3. The maximum atomic E-state index is 12.6. The zero-order valence-electron chi connectivity index (χ0n) is 78.1. The number of carbonyl (C=O) groups excluding carboxylic acids is 3. The summed E-state index contributed by atoms with van der Waals surface area (Å²) in [6.45, 7) is 30.8. The number of carbonyl (C=O) groups is 3. The number of hydrogen-bond donors (Lipinski definition) is 5. The molecule has 6 aliphatic rings. The van der Waals surface area contributed by atoms with E-state index in [1.807, 2.05) is 134 Å². The molecule has 6 fully saturated rings. The first kappa shape index (κ1) is 107. The van der Waals surface area contributed by atoms with Gasteiger partial charge < -0.3 is 84.6 Å². The van der Waals surface area contributed by atoms with Crippen LogP contribution in [0.25, 0.3) is 49.7 Å². The Morgan fingerprint density at radius 2 is 0.870 bits per heavy atom. The van der Waals surface area contributed by atoms with E-state index in [2.05, 4.69) is 259 Å². The number of alkyl halides is 3. The average molecular weight is 2030 g/mol. The minimum atomic E-state index is -4.64. The Bertz CT molecular complexity index is 6400. The number of alkyl carbamates (subject to hydrolysis) is 2. The van der Waals surface area contributed by atoms with E-state index in [1.54, 1.807) is 35.9 Å². The molecule has 138 heavy (non-hydrogen) atoms. The summed E-state index contributed by atoms with van der Waals surface area (Å²) >= 11 is 6.84. The van der Waals surface area contributed by atoms with Gasteiger partial charge in [-0.3, -0.25) is 38.5 Å². The minimum Gasteiger partial charge on any atom is -0.813 e. The number of piperidine rings is 3. The maximum Gasteiger partial charge on any atom is 1.00 e. The maximum absolute atomic E-state index is 12.6. The number of thiol groups is 1. The fraction of sp³-hybridized carbons (Fsp3) is 0.448. The summed E-state index contributed by atoms with van der Waals surface area (Å²) in [4.78, 5) is 86.3. The van der Waals surface area contributed by atoms with Crippen molar-refractivity contribution in [3.63, 3.8) is 0 Å². The van der Waals surface area contributed by atoms with Crippen LogP contribution in [0, 0.1) is 48.6 Å². The van der Waals surface area contributed by atoms with Gasteiger partial charge in [0.05, 0.1) is 76.6 Å². The number of anilines is 3. The first-order valence-electron chi connectivity index (χ1n) is 43.3. The molecule has 43 nitrogen and oxygen atoms in total. The molecule has 15 heterocycles. The molecule has 0 bridgehead atoms. The fourth-order valence-corrected chi connectivity index (χ4v) is 19.4. The van der Waals surface area contributed by atoms with E-state index in [-0.39, 0.29) is 108 Å². The molecule has 0 saturated carbocycles. The van der Waals surface area contributed by atoms with Crippen molar-refractivity contribution in [3.8, 4) is 0 Å². The normalized spacial score (nSPS) is 19.6. The summed E-state index contributed by atoms with van der Waals surface area (Å²) in [5.74, 6) is 7.28. The molecule has 3 aromatic carbocycles. The second-order valence-electron chi connectivity index (χ2n) is 35.0. The predicted molar refractivity (Wildman–Crippen MR) is 510 cm³/mol. The van der Waals surface area contributed by atoms with Crippen LogP contribution in [0.5, 0.6) is 0 Å². The summed E-state index contributed by atoms with van der Waals surface area (Å²) in [5.41, 5.74) is 20.8. The zero-order valence-corrected chi connectivity index (χ0v) is 84.2. The Balaban J connectivity index is 0.000000170. The number of benzene rings is 3. The first-order valence-corrected chi connectivity index (χ1v) is 45.8. The number of fused-ring (bicyclic) bond motifs is 6. The molecule has 18 rings (SSSR count). The number of nitrogens with one attached hydrogen (secondary N) is 3. The first-order chi connectivity index (χ1) is 65.2. The number of nitrogens with zero attached hydrogens (tertiary/aromatic N) is 30. The summed E-state index contributed by atoms with van der Waals surface area (Å²) in [6.07, 6.45) is 21.6. The topological polar surface area (TPSA) is 522 Å². The smallest absolute Gasteiger partial charge is 0.813 e. The quantitative estimate of drug-likeness (QED) is 0.00876. The molecule has 0 unspecified atom stereocenters. The summed E-state index contributed by atoms with van der Waals surface area (Å²) < 4.78 is 67.5. The number of halogens is 4. The van der Waals surface area contributed by atoms with E-state index in [1.165, 1.54) is 22.1 Å². The largest absolute Gasteiger partial charge is 1.00 e. The van der Waals surface area contributed by atoms with Crippen molar-refractivity contribution in [2.75, 3.05) is 73.8 Å². The summed E-state index contributed by atoms with van der Waals surface area (Å²) in [7, 11) is 0. The zero-order chi connectivity index (χ0) is 97.0. The SMILES string of the molecule is C[C@@H]1OCC2(CCN(c3nc[c-]c4nccn34)CC2)[C@@H]1NC(=O)OC(C)(C)C.Cc1ccc2c(Br)ccnc2c1.Cc1ccc2c(Sc3cnc(N4CCC5(CC4)CO[C@@H](C)[C@H]5N)n4ccnc34)ccnc2c1.Cc1ccc2c(Sc3cnc(N4CCC5(CC4)CO[C@@H](C)[C@H]5NC(=O)OC(C)(C)C)n4ccnc34)ccnc2c1.N=N/N=N/N=N/N=N/N=N/N=N/N=N/N=N/N.O=CC(F)(F)F.[Na+].[SH-]. The van der Waals surface area contributed by atoms with Crippen molar-refractivity contribution < 1.29 is 80.8 Å². The number of hydrogen-bond acceptors (Lipinski definition) is 26. The standard InChI is InChI=1S/C30H36N6O3S.C25H28N6OS.C20H28N5O3.C10H8BrN.C2HF3O.H3N17.Na.H2S/c1-19-6-7-21-22(16-19)31-11-8-23(21)40-24-17-33-27(36-15-12-32-26(24)36)35-13-9-30(10-14-35)18-38-20(2)25(30)34-28(37)39-29(3,4)5;1-16-3-4-18-19(13-16)27-8-5-20(18)33-21-14-29-24(31-12-9-28-23(21)31)30-10-6-25(7-11-30)15-32-17(2)22(25)26;1-14-16(23-18(26)28-19(2,3)4)20(13-27-14)6-10-24(11-7-20)17-22-8-5-15-21-9-12-25(15)17;1-7-2-3-8-9(11)4-5-12-10(8)6-7;3-2(4,5)1-6;1-3-5-7-9-11-13-15-17-16-14-12-10-8-6-4-2;;/h6-8,11-12,15-17,20,25H,9-10,13-14,18H2,1-5H3,(H,34,37);3-5,8-9,12-14,17,22H,6-7,10-11,15,26H2,1-2H3;8-9,12,14,16H,6-7,10-11,13H2,1-4H3,(H,23,26);2-6H,1H3;1H;(H3,1,2,5,6,9,10,13,14,17);;1H2/q;;-1;;;;+1;/p-1/t20-,25+;17-,22+;14-,16+;;;;;/m000...../s1. The summed E-state index contributed by atoms with van der Waals surface area (Å²) in [5, 5.41) is 52.9. The molecular weight excluding hydrogens is 1920 g/mol. The number of aldehydes is 1. The van der Waals surface area contributed by atoms with E-state index >= 15 is 0 Å². The molecule has 0 aliphatic carbocycles. The van der Waals surface area contributed by atoms with Crippen molar-refractivity contribution in [3.05, 3.63) is 174 Å². The van der Waals surface area contributed by atoms with Gasteiger partial charge in [0.1, 0.15) is 11.2 Å². The third-order valence-corrected chi connectivity index (χ3v) is 26.4. The molecule has 6 aliphatic heterocycles. The van der Waals surface area contributed by atoms with E-state index in [0.717, 1.165) is 171 Å². The molecule has 51 heteroatoms. The minimum absolute atomic E-state index is 0. The van der Waals surface area contributed by atoms with Crippen LogP contribution in [0.15, 0.2) is 250 Å². The van der Waals surface area contributed by atoms with Crippen LogP contribution in [0.3, 0.4) is 0 Å². The third-order valence-electron chi connectivity index (χ3n) is 23.5. The number of ether oxygens (including phenoxy) is 5. The van der Waals surface area contributed by atoms with Gasteiger partial charge in [0.25, 0.3) is 0 Å². The van der Waals surface area contributed by atoms with Crippen LogP contribution in [-0.2, 0) is 42.0 Å². The van der Waals surface area contributed by atoms with Gasteiger partial charge in [-0.2, -0.15) is 18.7 Å². The van der Waals surface area contributed by atoms with Crippen LogP contribution < -0.4 is 66.5 Å². The van der Waals surface area contributed by atoms with E-state index in [0.29, 0.717) is 13.2 Å². The van der Waals surface area contributed by atoms with E-state index < -0.39 is 23.7 Å². The predicted octanol–water partition coefficient (Wildman–Crippen LogP) is 15.4. The fourth-order valence-electron chi connectivity index (χ4n) is 16.9. The van der Waals surface area contributed by atoms with Crippen LogP contribution in [0.2, 0.25) is 0 Å². The Kier molecular flexibility index (Phi) is 37.2. The monoisotopic (exact) mass is 2020 g/mol. The molecule has 12 aromatic rings. The Labute approximate surface area is 837 Å². The third kappa shape index (κ3) is 27.4. The van der Waals surface area contributed by atoms with Crippen LogP contribution >= 0.6 is 39.5 Å². The van der Waals surface area contributed by atoms with Gasteiger partial charge in [0, 0.05) is 160 Å².